The quantitative estimate of drug-likeness (QED) is 0.230. The molecule has 3 aromatic carbocycles. The number of fused-ring (bicyclic) bond motifs is 3. The van der Waals surface area contributed by atoms with Gasteiger partial charge in [-0.1, -0.05) is 50.1 Å². The molecule has 0 unspecified atom stereocenters. The summed E-state index contributed by atoms with van der Waals surface area (Å²) < 4.78 is 4.51. The lowest BCUT2D eigenvalue weighted by Crippen LogP contribution is -1.93. The Morgan fingerprint density at radius 1 is 0.714 bits per heavy atom. The molecule has 1 nitrogen and oxygen atoms in total. The van der Waals surface area contributed by atoms with Crippen LogP contribution in [0.4, 0.5) is 0 Å². The van der Waals surface area contributed by atoms with Gasteiger partial charge in [0.2, 0.25) is 0 Å². The largest absolute Gasteiger partial charge is 0.309 e. The summed E-state index contributed by atoms with van der Waals surface area (Å²) >= 11 is 8.93. The van der Waals surface area contributed by atoms with Gasteiger partial charge in [0, 0.05) is 30.3 Å². The zero-order valence-electron chi connectivity index (χ0n) is 14.8. The van der Waals surface area contributed by atoms with E-state index in [0.29, 0.717) is 0 Å². The highest BCUT2D eigenvalue weighted by atomic mass is 79.9. The second kappa shape index (κ2) is 7.36. The third kappa shape index (κ3) is 3.26. The van der Waals surface area contributed by atoms with Crippen molar-refractivity contribution >= 4 is 77.2 Å². The predicted molar refractivity (Wildman–Crippen MR) is 129 cm³/mol. The molecule has 5 rings (SSSR count). The maximum Gasteiger partial charge on any atom is 0.0541 e. The van der Waals surface area contributed by atoms with E-state index >= 15 is 0 Å². The van der Waals surface area contributed by atoms with Gasteiger partial charge in [-0.05, 0) is 77.7 Å². The van der Waals surface area contributed by atoms with E-state index in [2.05, 4.69) is 127 Å². The maximum atomic E-state index is 3.64. The van der Waals surface area contributed by atoms with Crippen LogP contribution in [0.15, 0.2) is 87.1 Å². The van der Waals surface area contributed by atoms with Gasteiger partial charge in [0.25, 0.3) is 0 Å². The summed E-state index contributed by atoms with van der Waals surface area (Å²) in [6.07, 6.45) is 4.36. The van der Waals surface area contributed by atoms with Gasteiger partial charge in [-0.2, -0.15) is 0 Å². The van der Waals surface area contributed by atoms with Crippen LogP contribution in [0, 0.1) is 0 Å². The minimum atomic E-state index is 1.08. The summed E-state index contributed by atoms with van der Waals surface area (Å²) in [7, 11) is 0. The van der Waals surface area contributed by atoms with Crippen LogP contribution in [0.25, 0.3) is 39.6 Å². The van der Waals surface area contributed by atoms with E-state index in [-0.39, 0.29) is 0 Å². The normalized spacial score (nSPS) is 11.8. The third-order valence-corrected chi connectivity index (χ3v) is 6.68. The Balaban J connectivity index is 1.74. The van der Waals surface area contributed by atoms with E-state index in [1.807, 2.05) is 0 Å². The van der Waals surface area contributed by atoms with E-state index in [1.165, 1.54) is 32.2 Å². The van der Waals surface area contributed by atoms with Crippen molar-refractivity contribution in [3.05, 3.63) is 97.6 Å². The number of aromatic nitrogens is 1. The monoisotopic (exact) mass is 507 g/mol. The van der Waals surface area contributed by atoms with E-state index < -0.39 is 0 Å². The number of nitrogens with zero attached hydrogens (tertiary/aromatic N) is 1. The highest BCUT2D eigenvalue weighted by molar-refractivity contribution is 9.10. The van der Waals surface area contributed by atoms with E-state index in [4.69, 9.17) is 0 Å². The Morgan fingerprint density at radius 3 is 2.18 bits per heavy atom. The van der Waals surface area contributed by atoms with Gasteiger partial charge in [0.05, 0.1) is 11.0 Å². The van der Waals surface area contributed by atoms with Crippen molar-refractivity contribution in [1.29, 1.82) is 0 Å². The van der Waals surface area contributed by atoms with Crippen molar-refractivity contribution in [3.63, 3.8) is 0 Å². The van der Waals surface area contributed by atoms with Crippen molar-refractivity contribution in [2.24, 2.45) is 0 Å². The fraction of sp³-hybridized carbons (Fsp3) is 0. The van der Waals surface area contributed by atoms with E-state index in [1.54, 1.807) is 11.3 Å². The fourth-order valence-corrected chi connectivity index (χ4v) is 4.79. The maximum absolute atomic E-state index is 3.64. The average Bonchev–Trinajstić information content (AvgIpc) is 3.33. The fourth-order valence-electron chi connectivity index (χ4n) is 3.55. The van der Waals surface area contributed by atoms with Crippen LogP contribution < -0.4 is 0 Å². The molecule has 0 aliphatic rings. The lowest BCUT2D eigenvalue weighted by Gasteiger charge is -2.08. The Morgan fingerprint density at radius 2 is 1.43 bits per heavy atom. The molecule has 2 heterocycles. The van der Waals surface area contributed by atoms with Crippen LogP contribution in [0.5, 0.6) is 0 Å². The molecule has 0 N–H and O–H groups in total. The highest BCUT2D eigenvalue weighted by Gasteiger charge is 2.13. The summed E-state index contributed by atoms with van der Waals surface area (Å²) in [5, 5.41) is 4.61. The number of thiophene rings is 1. The Labute approximate surface area is 184 Å². The molecule has 0 amide bonds. The number of hydrogen-bond donors (Lipinski definition) is 0. The van der Waals surface area contributed by atoms with Crippen molar-refractivity contribution in [3.8, 4) is 5.69 Å². The number of halogens is 2. The lowest BCUT2D eigenvalue weighted by atomic mass is 10.1. The first-order chi connectivity index (χ1) is 13.7. The second-order valence-electron chi connectivity index (χ2n) is 6.60. The van der Waals surface area contributed by atoms with E-state index in [0.717, 1.165) is 14.6 Å². The first kappa shape index (κ1) is 17.9. The molecule has 0 fully saturated rings. The Bertz CT molecular complexity index is 1310. The first-order valence-corrected chi connectivity index (χ1v) is 11.4. The molecular formula is C24H15Br2NS. The van der Waals surface area contributed by atoms with Gasteiger partial charge < -0.3 is 4.57 Å². The number of rotatable bonds is 3. The van der Waals surface area contributed by atoms with Gasteiger partial charge >= 0.3 is 0 Å². The molecule has 0 aliphatic carbocycles. The first-order valence-electron chi connectivity index (χ1n) is 8.90. The van der Waals surface area contributed by atoms with Crippen LogP contribution >= 0.6 is 43.2 Å². The molecule has 4 heteroatoms. The summed E-state index contributed by atoms with van der Waals surface area (Å²) in [4.78, 5) is 1.26. The Hall–Kier alpha value is -2.14. The van der Waals surface area contributed by atoms with Crippen LogP contribution in [0.2, 0.25) is 0 Å². The van der Waals surface area contributed by atoms with Crippen LogP contribution in [-0.4, -0.2) is 4.57 Å². The van der Waals surface area contributed by atoms with Crippen LogP contribution in [0.3, 0.4) is 0 Å². The van der Waals surface area contributed by atoms with Crippen LogP contribution in [-0.2, 0) is 0 Å². The predicted octanol–water partition coefficient (Wildman–Crippen LogP) is 8.54. The van der Waals surface area contributed by atoms with Gasteiger partial charge in [-0.15, -0.1) is 11.3 Å². The molecule has 0 spiro atoms. The SMILES string of the molecule is Brc1ccc(-n2c3ccc(Br)cc3c3cc(C=Cc4cccs4)ccc32)cc1. The molecule has 0 aliphatic heterocycles. The standard InChI is InChI=1S/C24H15Br2NS/c25-17-5-8-19(9-6-17)27-23-11-4-16(3-10-20-2-1-13-28-20)14-21(23)22-15-18(26)7-12-24(22)27/h1-15H. The van der Waals surface area contributed by atoms with Crippen LogP contribution in [0.1, 0.15) is 10.4 Å². The lowest BCUT2D eigenvalue weighted by molar-refractivity contribution is 1.18. The molecule has 0 bridgehead atoms. The Kier molecular flexibility index (Phi) is 4.71. The van der Waals surface area contributed by atoms with Crippen molar-refractivity contribution in [1.82, 2.24) is 4.57 Å². The third-order valence-electron chi connectivity index (χ3n) is 4.82. The summed E-state index contributed by atoms with van der Waals surface area (Å²) in [6, 6.07) is 25.9. The summed E-state index contributed by atoms with van der Waals surface area (Å²) in [6.45, 7) is 0. The van der Waals surface area contributed by atoms with Gasteiger partial charge in [0.1, 0.15) is 0 Å². The van der Waals surface area contributed by atoms with Crippen molar-refractivity contribution in [2.75, 3.05) is 0 Å². The van der Waals surface area contributed by atoms with Crippen molar-refractivity contribution < 1.29 is 0 Å². The molecule has 0 atom stereocenters. The zero-order chi connectivity index (χ0) is 19.1. The molecule has 0 saturated heterocycles. The van der Waals surface area contributed by atoms with Gasteiger partial charge in [-0.3, -0.25) is 0 Å². The van der Waals surface area contributed by atoms with Crippen molar-refractivity contribution in [2.45, 2.75) is 0 Å². The summed E-state index contributed by atoms with van der Waals surface area (Å²) in [5.41, 5.74) is 4.78. The van der Waals surface area contributed by atoms with E-state index in [9.17, 15) is 0 Å². The number of benzene rings is 3. The highest BCUT2D eigenvalue weighted by Crippen LogP contribution is 2.35. The minimum Gasteiger partial charge on any atom is -0.309 e. The van der Waals surface area contributed by atoms with Gasteiger partial charge in [-0.25, -0.2) is 0 Å². The summed E-state index contributed by atoms with van der Waals surface area (Å²) in [5.74, 6) is 0. The molecule has 0 saturated carbocycles. The molecule has 28 heavy (non-hydrogen) atoms. The average molecular weight is 509 g/mol. The topological polar surface area (TPSA) is 4.93 Å². The zero-order valence-corrected chi connectivity index (χ0v) is 18.8. The molecule has 136 valence electrons. The molecule has 2 aromatic heterocycles. The second-order valence-corrected chi connectivity index (χ2v) is 9.41. The molecular weight excluding hydrogens is 494 g/mol. The minimum absolute atomic E-state index is 1.08. The molecule has 0 radical (unpaired) electrons. The number of hydrogen-bond acceptors (Lipinski definition) is 1. The van der Waals surface area contributed by atoms with Gasteiger partial charge in [0.15, 0.2) is 0 Å². The molecule has 5 aromatic rings. The smallest absolute Gasteiger partial charge is 0.0541 e.